The topological polar surface area (TPSA) is 38.7 Å². The molecule has 25 heavy (non-hydrogen) atoms. The summed E-state index contributed by atoms with van der Waals surface area (Å²) in [5.41, 5.74) is 5.05. The van der Waals surface area contributed by atoms with Crippen molar-refractivity contribution in [3.05, 3.63) is 34.4 Å². The summed E-state index contributed by atoms with van der Waals surface area (Å²) >= 11 is 0. The zero-order valence-corrected chi connectivity index (χ0v) is 16.3. The van der Waals surface area contributed by atoms with Gasteiger partial charge in [-0.05, 0) is 63.5 Å². The Bertz CT molecular complexity index is 619. The van der Waals surface area contributed by atoms with Crippen LogP contribution in [-0.2, 0) is 9.47 Å². The lowest BCUT2D eigenvalue weighted by molar-refractivity contribution is -0.00193. The average Bonchev–Trinajstić information content (AvgIpc) is 3.04. The van der Waals surface area contributed by atoms with Crippen molar-refractivity contribution in [1.29, 1.82) is 0 Å². The molecule has 138 valence electrons. The smallest absolute Gasteiger partial charge is 0.178 e. The summed E-state index contributed by atoms with van der Waals surface area (Å²) in [5.74, 6) is 5.92. The van der Waals surface area contributed by atoms with E-state index in [9.17, 15) is 5.11 Å². The molecule has 3 heteroatoms. The number of aliphatic hydroxyl groups excluding tert-OH is 1. The Morgan fingerprint density at radius 3 is 2.64 bits per heavy atom. The van der Waals surface area contributed by atoms with Gasteiger partial charge in [-0.1, -0.05) is 42.9 Å². The van der Waals surface area contributed by atoms with Crippen molar-refractivity contribution >= 4 is 0 Å². The average molecular weight is 344 g/mol. The molecule has 0 aromatic heterocycles. The zero-order valence-electron chi connectivity index (χ0n) is 16.3. The van der Waals surface area contributed by atoms with E-state index in [0.717, 1.165) is 17.6 Å². The maximum Gasteiger partial charge on any atom is 0.178 e. The highest BCUT2D eigenvalue weighted by Crippen LogP contribution is 2.42. The highest BCUT2D eigenvalue weighted by Gasteiger charge is 2.27. The molecule has 0 amide bonds. The Hall–Kier alpha value is -1.34. The summed E-state index contributed by atoms with van der Waals surface area (Å²) in [6.07, 6.45) is 7.57. The van der Waals surface area contributed by atoms with Gasteiger partial charge in [-0.15, -0.1) is 0 Å². The van der Waals surface area contributed by atoms with E-state index in [2.05, 4.69) is 38.7 Å². The van der Waals surface area contributed by atoms with Crippen LogP contribution < -0.4 is 0 Å². The lowest BCUT2D eigenvalue weighted by Gasteiger charge is -2.34. The summed E-state index contributed by atoms with van der Waals surface area (Å²) in [6, 6.07) is 0. The lowest BCUT2D eigenvalue weighted by atomic mass is 9.71. The largest absolute Gasteiger partial charge is 0.376 e. The Morgan fingerprint density at radius 2 is 2.00 bits per heavy atom. The molecule has 0 radical (unpaired) electrons. The van der Waals surface area contributed by atoms with Crippen LogP contribution in [0.2, 0.25) is 0 Å². The fourth-order valence-corrected chi connectivity index (χ4v) is 3.51. The van der Waals surface area contributed by atoms with Crippen molar-refractivity contribution in [1.82, 2.24) is 0 Å². The third-order valence-corrected chi connectivity index (χ3v) is 5.18. The van der Waals surface area contributed by atoms with Crippen molar-refractivity contribution < 1.29 is 14.6 Å². The zero-order chi connectivity index (χ0) is 18.4. The van der Waals surface area contributed by atoms with Gasteiger partial charge in [-0.25, -0.2) is 0 Å². The fraction of sp³-hybridized carbons (Fsp3) is 0.636. The standard InChI is InChI=1S/C22H32O3/c1-16(15-21-24-13-14-25-21)8-11-20(23)18(3)9-10-19-17(2)7-6-12-22(19,4)5/h9,15,20-21,23H,6-7,10,12-14H2,1-5H3/b16-15-,18-9+. The molecule has 0 saturated carbocycles. The van der Waals surface area contributed by atoms with Crippen LogP contribution in [0.5, 0.6) is 0 Å². The first-order valence-electron chi connectivity index (χ1n) is 9.26. The minimum Gasteiger partial charge on any atom is -0.376 e. The number of hydrogen-bond donors (Lipinski definition) is 1. The van der Waals surface area contributed by atoms with Crippen molar-refractivity contribution in [3.63, 3.8) is 0 Å². The second-order valence-electron chi connectivity index (χ2n) is 7.78. The van der Waals surface area contributed by atoms with Crippen LogP contribution in [0.3, 0.4) is 0 Å². The molecule has 1 N–H and O–H groups in total. The van der Waals surface area contributed by atoms with E-state index in [4.69, 9.17) is 9.47 Å². The van der Waals surface area contributed by atoms with Gasteiger partial charge in [0, 0.05) is 5.57 Å². The van der Waals surface area contributed by atoms with E-state index in [1.54, 1.807) is 0 Å². The molecule has 0 aromatic rings. The molecule has 2 rings (SSSR count). The van der Waals surface area contributed by atoms with Crippen LogP contribution in [0.15, 0.2) is 34.4 Å². The second-order valence-corrected chi connectivity index (χ2v) is 7.78. The molecule has 1 fully saturated rings. The van der Waals surface area contributed by atoms with E-state index in [-0.39, 0.29) is 11.7 Å². The highest BCUT2D eigenvalue weighted by atomic mass is 16.7. The van der Waals surface area contributed by atoms with Crippen LogP contribution in [-0.4, -0.2) is 30.7 Å². The van der Waals surface area contributed by atoms with Gasteiger partial charge in [0.25, 0.3) is 0 Å². The second kappa shape index (κ2) is 8.85. The first-order valence-corrected chi connectivity index (χ1v) is 9.26. The predicted octanol–water partition coefficient (Wildman–Crippen LogP) is 4.53. The summed E-state index contributed by atoms with van der Waals surface area (Å²) in [7, 11) is 0. The van der Waals surface area contributed by atoms with Gasteiger partial charge in [-0.3, -0.25) is 0 Å². The van der Waals surface area contributed by atoms with Crippen molar-refractivity contribution in [2.45, 2.75) is 72.7 Å². The summed E-state index contributed by atoms with van der Waals surface area (Å²) in [5, 5.41) is 10.3. The molecule has 0 spiro atoms. The monoisotopic (exact) mass is 344 g/mol. The maximum absolute atomic E-state index is 10.3. The van der Waals surface area contributed by atoms with Crippen LogP contribution in [0.25, 0.3) is 0 Å². The Balaban J connectivity index is 1.98. The summed E-state index contributed by atoms with van der Waals surface area (Å²) in [4.78, 5) is 0. The van der Waals surface area contributed by atoms with Crippen molar-refractivity contribution in [3.8, 4) is 11.8 Å². The van der Waals surface area contributed by atoms with Crippen LogP contribution in [0, 0.1) is 17.3 Å². The molecular formula is C22H32O3. The SMILES string of the molecule is CC1=C(C/C=C(\C)C(O)C#C/C(C)=C\C2OCCO2)C(C)(C)CCC1. The van der Waals surface area contributed by atoms with Gasteiger partial charge >= 0.3 is 0 Å². The summed E-state index contributed by atoms with van der Waals surface area (Å²) < 4.78 is 10.7. The first kappa shape index (κ1) is 20.0. The van der Waals surface area contributed by atoms with Gasteiger partial charge in [0.15, 0.2) is 6.29 Å². The quantitative estimate of drug-likeness (QED) is 0.601. The van der Waals surface area contributed by atoms with Crippen LogP contribution >= 0.6 is 0 Å². The van der Waals surface area contributed by atoms with Gasteiger partial charge in [0.1, 0.15) is 6.10 Å². The van der Waals surface area contributed by atoms with E-state index >= 15 is 0 Å². The van der Waals surface area contributed by atoms with E-state index < -0.39 is 6.10 Å². The van der Waals surface area contributed by atoms with Crippen LogP contribution in [0.4, 0.5) is 0 Å². The molecule has 1 aliphatic heterocycles. The van der Waals surface area contributed by atoms with E-state index in [1.807, 2.05) is 19.9 Å². The Morgan fingerprint density at radius 1 is 1.32 bits per heavy atom. The van der Waals surface area contributed by atoms with E-state index in [1.165, 1.54) is 30.4 Å². The van der Waals surface area contributed by atoms with Crippen molar-refractivity contribution in [2.75, 3.05) is 13.2 Å². The molecule has 1 aliphatic carbocycles. The third kappa shape index (κ3) is 5.85. The van der Waals surface area contributed by atoms with Crippen molar-refractivity contribution in [2.24, 2.45) is 5.41 Å². The normalized spacial score (nSPS) is 23.4. The first-order chi connectivity index (χ1) is 11.8. The number of allylic oxidation sites excluding steroid dienone is 4. The molecule has 3 nitrogen and oxygen atoms in total. The molecule has 1 saturated heterocycles. The van der Waals surface area contributed by atoms with Crippen LogP contribution in [0.1, 0.15) is 60.3 Å². The molecule has 1 heterocycles. The molecule has 0 aromatic carbocycles. The number of aliphatic hydroxyl groups is 1. The van der Waals surface area contributed by atoms with Gasteiger partial charge in [0.2, 0.25) is 0 Å². The Kier molecular flexibility index (Phi) is 7.07. The molecule has 1 atom stereocenters. The molecule has 1 unspecified atom stereocenters. The molecule has 2 aliphatic rings. The van der Waals surface area contributed by atoms with Gasteiger partial charge < -0.3 is 14.6 Å². The maximum atomic E-state index is 10.3. The number of ether oxygens (including phenoxy) is 2. The highest BCUT2D eigenvalue weighted by molar-refractivity contribution is 5.33. The predicted molar refractivity (Wildman–Crippen MR) is 102 cm³/mol. The lowest BCUT2D eigenvalue weighted by Crippen LogP contribution is -2.20. The third-order valence-electron chi connectivity index (χ3n) is 5.18. The minimum atomic E-state index is -0.735. The molecule has 0 bridgehead atoms. The molecular weight excluding hydrogens is 312 g/mol. The number of hydrogen-bond acceptors (Lipinski definition) is 3. The van der Waals surface area contributed by atoms with E-state index in [0.29, 0.717) is 13.2 Å². The fourth-order valence-electron chi connectivity index (χ4n) is 3.51. The Labute approximate surface area is 152 Å². The van der Waals surface area contributed by atoms with Gasteiger partial charge in [0.05, 0.1) is 13.2 Å². The van der Waals surface area contributed by atoms with Gasteiger partial charge in [-0.2, -0.15) is 0 Å². The minimum absolute atomic E-state index is 0.260. The summed E-state index contributed by atoms with van der Waals surface area (Å²) in [6.45, 7) is 12.0. The number of rotatable bonds is 4.